The molecule has 9 heteroatoms. The van der Waals surface area contributed by atoms with Crippen LogP contribution in [0.25, 0.3) is 0 Å². The van der Waals surface area contributed by atoms with Crippen molar-refractivity contribution in [2.24, 2.45) is 0 Å². The molecule has 0 aliphatic carbocycles. The van der Waals surface area contributed by atoms with Gasteiger partial charge in [0.05, 0.1) is 26.4 Å². The first-order valence-electron chi connectivity index (χ1n) is 19.9. The number of carbonyl (C=O) groups excluding carboxylic acids is 3. The molecule has 0 aromatic rings. The highest BCUT2D eigenvalue weighted by atomic mass is 16.5. The standard InChI is InChI=1S/C36H71N3O5.C3H6O/c1-3-4-5-6-7-8-9-10-11-12-13-14-15-16-17-18-19-24-35(40)39-27-20-23-34(39)36(41)38-26-22-29-43-31-33-44-32-30-42-28-21-25-37-2;1-3(2)4/h34,37H,3-33H2,1-2H3,(H,38,41);1-2H3. The molecule has 1 saturated heterocycles. The highest BCUT2D eigenvalue weighted by molar-refractivity contribution is 5.88. The predicted octanol–water partition coefficient (Wildman–Crippen LogP) is 7.78. The van der Waals surface area contributed by atoms with Gasteiger partial charge in [0, 0.05) is 32.7 Å². The Morgan fingerprint density at radius 2 is 1.02 bits per heavy atom. The van der Waals surface area contributed by atoms with Crippen LogP contribution in [0.5, 0.6) is 0 Å². The van der Waals surface area contributed by atoms with Gasteiger partial charge in [0.25, 0.3) is 0 Å². The molecule has 1 rings (SSSR count). The number of hydrogen-bond donors (Lipinski definition) is 2. The topological polar surface area (TPSA) is 106 Å². The van der Waals surface area contributed by atoms with Gasteiger partial charge < -0.3 is 34.5 Å². The van der Waals surface area contributed by atoms with Crippen LogP contribution in [0.15, 0.2) is 0 Å². The van der Waals surface area contributed by atoms with Gasteiger partial charge in [0.15, 0.2) is 0 Å². The average Bonchev–Trinajstić information content (AvgIpc) is 3.56. The first-order valence-corrected chi connectivity index (χ1v) is 19.9. The van der Waals surface area contributed by atoms with Crippen molar-refractivity contribution in [2.75, 3.05) is 66.3 Å². The lowest BCUT2D eigenvalue weighted by molar-refractivity contribution is -0.138. The number of ether oxygens (including phenoxy) is 3. The van der Waals surface area contributed by atoms with Crippen molar-refractivity contribution >= 4 is 17.6 Å². The molecular formula is C39H77N3O6. The van der Waals surface area contributed by atoms with E-state index in [0.29, 0.717) is 52.5 Å². The zero-order chi connectivity index (χ0) is 35.3. The number of ketones is 1. The van der Waals surface area contributed by atoms with Crippen molar-refractivity contribution < 1.29 is 28.6 Å². The lowest BCUT2D eigenvalue weighted by Gasteiger charge is -2.24. The van der Waals surface area contributed by atoms with Crippen molar-refractivity contribution in [1.29, 1.82) is 0 Å². The minimum absolute atomic E-state index is 0.0173. The van der Waals surface area contributed by atoms with Gasteiger partial charge in [0.2, 0.25) is 11.8 Å². The Morgan fingerprint density at radius 3 is 1.48 bits per heavy atom. The number of amides is 2. The average molecular weight is 684 g/mol. The van der Waals surface area contributed by atoms with Gasteiger partial charge in [-0.25, -0.2) is 0 Å². The van der Waals surface area contributed by atoms with E-state index in [-0.39, 0.29) is 23.6 Å². The Labute approximate surface area is 295 Å². The van der Waals surface area contributed by atoms with Gasteiger partial charge in [0.1, 0.15) is 11.8 Å². The second-order valence-electron chi connectivity index (χ2n) is 13.5. The molecule has 9 nitrogen and oxygen atoms in total. The van der Waals surface area contributed by atoms with Gasteiger partial charge in [-0.05, 0) is 59.5 Å². The summed E-state index contributed by atoms with van der Waals surface area (Å²) >= 11 is 0. The van der Waals surface area contributed by atoms with Crippen LogP contribution in [0.2, 0.25) is 0 Å². The fourth-order valence-corrected chi connectivity index (χ4v) is 5.88. The molecule has 1 unspecified atom stereocenters. The summed E-state index contributed by atoms with van der Waals surface area (Å²) in [6, 6.07) is -0.303. The molecular weight excluding hydrogens is 606 g/mol. The first-order chi connectivity index (χ1) is 23.4. The molecule has 1 fully saturated rings. The number of hydrogen-bond acceptors (Lipinski definition) is 7. The molecule has 2 amide bonds. The van der Waals surface area contributed by atoms with Gasteiger partial charge in [-0.3, -0.25) is 9.59 Å². The molecule has 2 N–H and O–H groups in total. The lowest BCUT2D eigenvalue weighted by atomic mass is 10.0. The van der Waals surface area contributed by atoms with Crippen molar-refractivity contribution in [2.45, 2.75) is 168 Å². The van der Waals surface area contributed by atoms with E-state index in [0.717, 1.165) is 51.7 Å². The number of rotatable bonds is 33. The number of unbranched alkanes of at least 4 members (excludes halogenated alkanes) is 16. The van der Waals surface area contributed by atoms with E-state index in [9.17, 15) is 14.4 Å². The van der Waals surface area contributed by atoms with Crippen molar-refractivity contribution in [1.82, 2.24) is 15.5 Å². The molecule has 0 bridgehead atoms. The molecule has 1 aliphatic heterocycles. The van der Waals surface area contributed by atoms with Crippen LogP contribution in [-0.2, 0) is 28.6 Å². The van der Waals surface area contributed by atoms with Crippen LogP contribution in [-0.4, -0.2) is 94.9 Å². The van der Waals surface area contributed by atoms with E-state index in [1.54, 1.807) is 0 Å². The fourth-order valence-electron chi connectivity index (χ4n) is 5.88. The molecule has 0 aromatic heterocycles. The summed E-state index contributed by atoms with van der Waals surface area (Å²) in [5.41, 5.74) is 0. The summed E-state index contributed by atoms with van der Waals surface area (Å²) in [7, 11) is 1.94. The third-order valence-corrected chi connectivity index (χ3v) is 8.59. The molecule has 1 heterocycles. The van der Waals surface area contributed by atoms with Crippen molar-refractivity contribution in [3.05, 3.63) is 0 Å². The zero-order valence-electron chi connectivity index (χ0n) is 31.9. The van der Waals surface area contributed by atoms with E-state index in [1.165, 1.54) is 110 Å². The minimum Gasteiger partial charge on any atom is -0.379 e. The Hall–Kier alpha value is -1.55. The molecule has 0 radical (unpaired) electrons. The third kappa shape index (κ3) is 31.7. The van der Waals surface area contributed by atoms with Crippen LogP contribution in [0, 0.1) is 0 Å². The first kappa shape index (κ1) is 46.5. The molecule has 284 valence electrons. The molecule has 0 aromatic carbocycles. The van der Waals surface area contributed by atoms with Gasteiger partial charge in [-0.15, -0.1) is 0 Å². The number of carbonyl (C=O) groups is 3. The predicted molar refractivity (Wildman–Crippen MR) is 198 cm³/mol. The van der Waals surface area contributed by atoms with Crippen LogP contribution in [0.3, 0.4) is 0 Å². The molecule has 1 aliphatic rings. The van der Waals surface area contributed by atoms with Gasteiger partial charge >= 0.3 is 0 Å². The smallest absolute Gasteiger partial charge is 0.242 e. The number of Topliss-reactive ketones (excluding diaryl/α,β-unsaturated/α-hetero) is 1. The normalized spacial score (nSPS) is 14.2. The summed E-state index contributed by atoms with van der Waals surface area (Å²) < 4.78 is 16.6. The summed E-state index contributed by atoms with van der Waals surface area (Å²) in [5, 5.41) is 6.10. The van der Waals surface area contributed by atoms with Crippen molar-refractivity contribution in [3.63, 3.8) is 0 Å². The Balaban J connectivity index is 0.00000520. The van der Waals surface area contributed by atoms with Gasteiger partial charge in [-0.1, -0.05) is 110 Å². The molecule has 1 atom stereocenters. The van der Waals surface area contributed by atoms with E-state index in [4.69, 9.17) is 14.2 Å². The monoisotopic (exact) mass is 684 g/mol. The zero-order valence-corrected chi connectivity index (χ0v) is 31.9. The quantitative estimate of drug-likeness (QED) is 0.0681. The van der Waals surface area contributed by atoms with E-state index in [1.807, 2.05) is 11.9 Å². The highest BCUT2D eigenvalue weighted by Crippen LogP contribution is 2.20. The van der Waals surface area contributed by atoms with Crippen LogP contribution >= 0.6 is 0 Å². The maximum atomic E-state index is 12.8. The Bertz CT molecular complexity index is 735. The van der Waals surface area contributed by atoms with Crippen LogP contribution in [0.4, 0.5) is 0 Å². The SMILES string of the molecule is CC(C)=O.CCCCCCCCCCCCCCCCCCCC(=O)N1CCCC1C(=O)NCCCOCCOCCOCCCNC. The second kappa shape index (κ2) is 36.7. The summed E-state index contributed by atoms with van der Waals surface area (Å²) in [6.07, 6.45) is 26.7. The number of nitrogens with zero attached hydrogens (tertiary/aromatic N) is 1. The largest absolute Gasteiger partial charge is 0.379 e. The summed E-state index contributed by atoms with van der Waals surface area (Å²) in [4.78, 5) is 36.8. The maximum Gasteiger partial charge on any atom is 0.242 e. The van der Waals surface area contributed by atoms with E-state index < -0.39 is 0 Å². The Morgan fingerprint density at radius 1 is 0.604 bits per heavy atom. The molecule has 0 spiro atoms. The molecule has 48 heavy (non-hydrogen) atoms. The Kier molecular flexibility index (Phi) is 35.5. The van der Waals surface area contributed by atoms with Gasteiger partial charge in [-0.2, -0.15) is 0 Å². The highest BCUT2D eigenvalue weighted by Gasteiger charge is 2.33. The second-order valence-corrected chi connectivity index (χ2v) is 13.5. The number of nitrogens with one attached hydrogen (secondary N) is 2. The van der Waals surface area contributed by atoms with Crippen LogP contribution < -0.4 is 10.6 Å². The number of likely N-dealkylation sites (tertiary alicyclic amines) is 1. The van der Waals surface area contributed by atoms with E-state index in [2.05, 4.69) is 17.6 Å². The molecule has 0 saturated carbocycles. The maximum absolute atomic E-state index is 12.8. The third-order valence-electron chi connectivity index (χ3n) is 8.59. The van der Waals surface area contributed by atoms with Crippen LogP contribution in [0.1, 0.15) is 162 Å². The van der Waals surface area contributed by atoms with Crippen molar-refractivity contribution in [3.8, 4) is 0 Å². The summed E-state index contributed by atoms with van der Waals surface area (Å²) in [5.74, 6) is 0.298. The minimum atomic E-state index is -0.303. The summed E-state index contributed by atoms with van der Waals surface area (Å²) in [6.45, 7) is 11.2. The van der Waals surface area contributed by atoms with E-state index >= 15 is 0 Å². The fraction of sp³-hybridized carbons (Fsp3) is 0.923. The lowest BCUT2D eigenvalue weighted by Crippen LogP contribution is -2.46.